The summed E-state index contributed by atoms with van der Waals surface area (Å²) in [6.45, 7) is 8.23. The normalized spacial score (nSPS) is 14.4. The van der Waals surface area contributed by atoms with E-state index in [-0.39, 0.29) is 23.6 Å². The van der Waals surface area contributed by atoms with Crippen LogP contribution in [0.3, 0.4) is 0 Å². The third-order valence-electron chi connectivity index (χ3n) is 8.55. The second kappa shape index (κ2) is 12.0. The third-order valence-corrected chi connectivity index (χ3v) is 8.55. The minimum Gasteiger partial charge on any atom is -0.269 e. The predicted molar refractivity (Wildman–Crippen MR) is 178 cm³/mol. The summed E-state index contributed by atoms with van der Waals surface area (Å²) in [5, 5.41) is 0. The van der Waals surface area contributed by atoms with Crippen molar-refractivity contribution < 1.29 is 19.2 Å². The van der Waals surface area contributed by atoms with Crippen molar-refractivity contribution in [3.63, 3.8) is 0 Å². The number of hydrogen-bond acceptors (Lipinski definition) is 4. The Morgan fingerprint density at radius 1 is 0.467 bits per heavy atom. The molecule has 0 unspecified atom stereocenters. The molecule has 2 heterocycles. The zero-order valence-electron chi connectivity index (χ0n) is 25.9. The van der Waals surface area contributed by atoms with Crippen molar-refractivity contribution in [3.05, 3.63) is 130 Å². The fourth-order valence-electron chi connectivity index (χ4n) is 6.29. The molecule has 0 N–H and O–H groups in total. The minimum atomic E-state index is -0.319. The van der Waals surface area contributed by atoms with Crippen LogP contribution in [0.4, 0.5) is 11.4 Å². The standard InChI is InChI=1S/C39H34N2O4/c1-5-26-21-28(9-13-34(26)40-36(42)15-16-37(40)43)32-11-7-24(3)19-30(32)23-31-20-25(4)8-12-33(31)29-10-14-35(27(6-2)22-29)41-38(44)17-18-39(41)45/h7-22H,5-6,23H2,1-4H3. The highest BCUT2D eigenvalue weighted by atomic mass is 16.2. The Bertz CT molecular complexity index is 1790. The molecule has 224 valence electrons. The molecular formula is C39H34N2O4. The number of imide groups is 2. The van der Waals surface area contributed by atoms with Gasteiger partial charge in [0, 0.05) is 24.3 Å². The monoisotopic (exact) mass is 594 g/mol. The number of amides is 4. The number of benzene rings is 4. The molecule has 4 aromatic rings. The lowest BCUT2D eigenvalue weighted by Gasteiger charge is -2.21. The third kappa shape index (κ3) is 5.55. The van der Waals surface area contributed by atoms with Crippen molar-refractivity contribution in [3.8, 4) is 22.3 Å². The summed E-state index contributed by atoms with van der Waals surface area (Å²) in [6, 6.07) is 24.8. The van der Waals surface area contributed by atoms with Gasteiger partial charge in [-0.1, -0.05) is 73.5 Å². The first-order valence-electron chi connectivity index (χ1n) is 15.3. The number of rotatable bonds is 8. The molecule has 0 aliphatic carbocycles. The minimum absolute atomic E-state index is 0.319. The van der Waals surface area contributed by atoms with Gasteiger partial charge < -0.3 is 0 Å². The Kier molecular flexibility index (Phi) is 7.90. The lowest BCUT2D eigenvalue weighted by molar-refractivity contribution is -0.121. The molecule has 6 nitrogen and oxygen atoms in total. The van der Waals surface area contributed by atoms with Gasteiger partial charge in [0.15, 0.2) is 0 Å². The second-order valence-corrected chi connectivity index (χ2v) is 11.6. The van der Waals surface area contributed by atoms with Crippen LogP contribution >= 0.6 is 0 Å². The van der Waals surface area contributed by atoms with Gasteiger partial charge in [-0.3, -0.25) is 19.2 Å². The summed E-state index contributed by atoms with van der Waals surface area (Å²) >= 11 is 0. The van der Waals surface area contributed by atoms with E-state index < -0.39 is 0 Å². The lowest BCUT2D eigenvalue weighted by atomic mass is 9.88. The van der Waals surface area contributed by atoms with Crippen LogP contribution < -0.4 is 9.80 Å². The van der Waals surface area contributed by atoms with E-state index in [1.807, 2.05) is 38.1 Å². The molecule has 0 saturated carbocycles. The first-order chi connectivity index (χ1) is 21.7. The molecule has 6 heteroatoms. The number of hydrogen-bond donors (Lipinski definition) is 0. The van der Waals surface area contributed by atoms with Gasteiger partial charge in [-0.15, -0.1) is 0 Å². The van der Waals surface area contributed by atoms with Crippen molar-refractivity contribution >= 4 is 35.0 Å². The van der Waals surface area contributed by atoms with Gasteiger partial charge >= 0.3 is 0 Å². The highest BCUT2D eigenvalue weighted by Gasteiger charge is 2.28. The average Bonchev–Trinajstić information content (AvgIpc) is 3.55. The fourth-order valence-corrected chi connectivity index (χ4v) is 6.29. The Morgan fingerprint density at radius 2 is 0.844 bits per heavy atom. The van der Waals surface area contributed by atoms with E-state index >= 15 is 0 Å². The number of nitrogens with zero attached hydrogens (tertiary/aromatic N) is 2. The molecule has 6 rings (SSSR count). The number of anilines is 2. The predicted octanol–water partition coefficient (Wildman–Crippen LogP) is 7.21. The van der Waals surface area contributed by atoms with Crippen molar-refractivity contribution in [2.75, 3.05) is 9.80 Å². The van der Waals surface area contributed by atoms with Gasteiger partial charge in [-0.05, 0) is 102 Å². The number of aryl methyl sites for hydroxylation is 4. The van der Waals surface area contributed by atoms with Crippen molar-refractivity contribution in [1.29, 1.82) is 0 Å². The maximum atomic E-state index is 12.4. The SMILES string of the molecule is CCc1cc(-c2ccc(C)cc2Cc2cc(C)ccc2-c2ccc(N3C(=O)C=CC3=O)c(CC)c2)ccc1N1C(=O)C=CC1=O. The Morgan fingerprint density at radius 3 is 1.20 bits per heavy atom. The van der Waals surface area contributed by atoms with E-state index in [1.165, 1.54) is 45.2 Å². The van der Waals surface area contributed by atoms with Gasteiger partial charge in [0.25, 0.3) is 23.6 Å². The average molecular weight is 595 g/mol. The van der Waals surface area contributed by atoms with Crippen LogP contribution in [0, 0.1) is 13.8 Å². The van der Waals surface area contributed by atoms with Crippen LogP contribution in [0.25, 0.3) is 22.3 Å². The molecular weight excluding hydrogens is 560 g/mol. The first-order valence-corrected chi connectivity index (χ1v) is 15.3. The summed E-state index contributed by atoms with van der Waals surface area (Å²) in [5.41, 5.74) is 12.0. The van der Waals surface area contributed by atoms with E-state index in [1.54, 1.807) is 0 Å². The van der Waals surface area contributed by atoms with E-state index in [0.717, 1.165) is 44.5 Å². The van der Waals surface area contributed by atoms with E-state index in [9.17, 15) is 19.2 Å². The molecule has 45 heavy (non-hydrogen) atoms. The van der Waals surface area contributed by atoms with Crippen LogP contribution in [0.1, 0.15) is 47.2 Å². The highest BCUT2D eigenvalue weighted by molar-refractivity contribution is 6.29. The van der Waals surface area contributed by atoms with Crippen molar-refractivity contribution in [2.24, 2.45) is 0 Å². The molecule has 2 aliphatic heterocycles. The summed E-state index contributed by atoms with van der Waals surface area (Å²) < 4.78 is 0. The molecule has 4 amide bonds. The Labute approximate surface area is 263 Å². The molecule has 0 radical (unpaired) electrons. The first kappa shape index (κ1) is 29.7. The Balaban J connectivity index is 1.39. The van der Waals surface area contributed by atoms with Crippen LogP contribution in [-0.4, -0.2) is 23.6 Å². The summed E-state index contributed by atoms with van der Waals surface area (Å²) in [7, 11) is 0. The van der Waals surface area contributed by atoms with Crippen LogP contribution in [0.2, 0.25) is 0 Å². The number of carbonyl (C=O) groups is 4. The van der Waals surface area contributed by atoms with Crippen LogP contribution in [0.15, 0.2) is 97.1 Å². The molecule has 0 saturated heterocycles. The van der Waals surface area contributed by atoms with Gasteiger partial charge in [-0.25, -0.2) is 9.80 Å². The van der Waals surface area contributed by atoms with Crippen LogP contribution in [-0.2, 0) is 38.4 Å². The fraction of sp³-hybridized carbons (Fsp3) is 0.179. The zero-order valence-corrected chi connectivity index (χ0v) is 25.9. The molecule has 0 fully saturated rings. The van der Waals surface area contributed by atoms with Crippen LogP contribution in [0.5, 0.6) is 0 Å². The summed E-state index contributed by atoms with van der Waals surface area (Å²) in [6.07, 6.45) is 7.27. The van der Waals surface area contributed by atoms with Gasteiger partial charge in [0.2, 0.25) is 0 Å². The zero-order chi connectivity index (χ0) is 31.8. The largest absolute Gasteiger partial charge is 0.269 e. The molecule has 2 aliphatic rings. The quantitative estimate of drug-likeness (QED) is 0.202. The molecule has 0 spiro atoms. The summed E-state index contributed by atoms with van der Waals surface area (Å²) in [4.78, 5) is 52.1. The maximum absolute atomic E-state index is 12.4. The van der Waals surface area contributed by atoms with Crippen molar-refractivity contribution in [2.45, 2.75) is 47.0 Å². The van der Waals surface area contributed by atoms with Crippen molar-refractivity contribution in [1.82, 2.24) is 0 Å². The lowest BCUT2D eigenvalue weighted by Crippen LogP contribution is -2.30. The van der Waals surface area contributed by atoms with Gasteiger partial charge in [0.1, 0.15) is 0 Å². The maximum Gasteiger partial charge on any atom is 0.258 e. The van der Waals surface area contributed by atoms with Gasteiger partial charge in [-0.2, -0.15) is 0 Å². The highest BCUT2D eigenvalue weighted by Crippen LogP contribution is 2.36. The van der Waals surface area contributed by atoms with E-state index in [4.69, 9.17) is 0 Å². The Hall–Kier alpha value is -5.36. The number of carbonyl (C=O) groups excluding carboxylic acids is 4. The summed E-state index contributed by atoms with van der Waals surface area (Å²) in [5.74, 6) is -1.28. The smallest absolute Gasteiger partial charge is 0.258 e. The van der Waals surface area contributed by atoms with E-state index in [2.05, 4.69) is 62.4 Å². The van der Waals surface area contributed by atoms with Gasteiger partial charge in [0.05, 0.1) is 11.4 Å². The molecule has 0 atom stereocenters. The second-order valence-electron chi connectivity index (χ2n) is 11.6. The molecule has 0 aromatic heterocycles. The van der Waals surface area contributed by atoms with E-state index in [0.29, 0.717) is 30.6 Å². The molecule has 0 bridgehead atoms. The topological polar surface area (TPSA) is 74.8 Å². The molecule has 4 aromatic carbocycles.